The van der Waals surface area contributed by atoms with E-state index in [1.54, 1.807) is 21.3 Å². The molecular formula is C20H24N2O3. The summed E-state index contributed by atoms with van der Waals surface area (Å²) >= 11 is 0. The van der Waals surface area contributed by atoms with Crippen LogP contribution in [0.15, 0.2) is 42.6 Å². The minimum atomic E-state index is 0.665. The molecule has 0 bridgehead atoms. The van der Waals surface area contributed by atoms with E-state index in [0.717, 1.165) is 35.8 Å². The minimum Gasteiger partial charge on any atom is -0.496 e. The smallest absolute Gasteiger partial charge is 0.130 e. The Hall–Kier alpha value is -2.66. The minimum absolute atomic E-state index is 0.665. The first-order valence-corrected chi connectivity index (χ1v) is 8.31. The molecular weight excluding hydrogens is 316 g/mol. The fraction of sp³-hybridized carbons (Fsp3) is 0.300. The van der Waals surface area contributed by atoms with E-state index in [9.17, 15) is 0 Å². The largest absolute Gasteiger partial charge is 0.496 e. The van der Waals surface area contributed by atoms with Crippen LogP contribution in [-0.2, 0) is 13.0 Å². The summed E-state index contributed by atoms with van der Waals surface area (Å²) in [6.07, 6.45) is 3.03. The van der Waals surface area contributed by atoms with E-state index in [1.165, 1.54) is 16.5 Å². The Labute approximate surface area is 147 Å². The number of methoxy groups -OCH3 is 3. The van der Waals surface area contributed by atoms with Gasteiger partial charge in [-0.05, 0) is 24.6 Å². The topological polar surface area (TPSA) is 55.5 Å². The van der Waals surface area contributed by atoms with Crippen LogP contribution in [0, 0.1) is 0 Å². The Kier molecular flexibility index (Phi) is 5.46. The molecule has 0 radical (unpaired) electrons. The van der Waals surface area contributed by atoms with Gasteiger partial charge in [0.25, 0.3) is 0 Å². The maximum absolute atomic E-state index is 5.49. The van der Waals surface area contributed by atoms with Crippen molar-refractivity contribution in [3.63, 3.8) is 0 Å². The van der Waals surface area contributed by atoms with Crippen molar-refractivity contribution < 1.29 is 14.2 Å². The van der Waals surface area contributed by atoms with E-state index >= 15 is 0 Å². The van der Waals surface area contributed by atoms with Crippen LogP contribution in [0.4, 0.5) is 0 Å². The number of rotatable bonds is 8. The van der Waals surface area contributed by atoms with E-state index in [0.29, 0.717) is 6.54 Å². The van der Waals surface area contributed by atoms with Gasteiger partial charge in [-0.15, -0.1) is 0 Å². The zero-order valence-corrected chi connectivity index (χ0v) is 14.9. The van der Waals surface area contributed by atoms with E-state index in [4.69, 9.17) is 14.2 Å². The van der Waals surface area contributed by atoms with Gasteiger partial charge in [-0.2, -0.15) is 0 Å². The SMILES string of the molecule is COc1cc(OC)c(CNCCc2c[nH]c3ccccc23)c(OC)c1. The molecule has 0 saturated carbocycles. The molecule has 0 amide bonds. The fourth-order valence-corrected chi connectivity index (χ4v) is 3.03. The number of H-pyrrole nitrogens is 1. The molecule has 1 heterocycles. The average molecular weight is 340 g/mol. The van der Waals surface area contributed by atoms with Gasteiger partial charge in [0.15, 0.2) is 0 Å². The van der Waals surface area contributed by atoms with Gasteiger partial charge in [0, 0.05) is 35.8 Å². The quantitative estimate of drug-likeness (QED) is 0.616. The Morgan fingerprint density at radius 1 is 0.960 bits per heavy atom. The Bertz CT molecular complexity index is 817. The summed E-state index contributed by atoms with van der Waals surface area (Å²) in [6.45, 7) is 1.53. The van der Waals surface area contributed by atoms with Gasteiger partial charge in [0.1, 0.15) is 17.2 Å². The van der Waals surface area contributed by atoms with Gasteiger partial charge >= 0.3 is 0 Å². The van der Waals surface area contributed by atoms with Crippen LogP contribution >= 0.6 is 0 Å². The normalized spacial score (nSPS) is 10.8. The van der Waals surface area contributed by atoms with Crippen molar-refractivity contribution in [1.29, 1.82) is 0 Å². The molecule has 1 aromatic heterocycles. The van der Waals surface area contributed by atoms with Gasteiger partial charge in [0.05, 0.1) is 26.9 Å². The number of para-hydroxylation sites is 1. The number of nitrogens with one attached hydrogen (secondary N) is 2. The molecule has 25 heavy (non-hydrogen) atoms. The number of aromatic nitrogens is 1. The summed E-state index contributed by atoms with van der Waals surface area (Å²) in [5.41, 5.74) is 3.48. The molecule has 2 aromatic carbocycles. The molecule has 0 spiro atoms. The molecule has 5 nitrogen and oxygen atoms in total. The van der Waals surface area contributed by atoms with E-state index in [2.05, 4.69) is 34.7 Å². The highest BCUT2D eigenvalue weighted by molar-refractivity contribution is 5.83. The Morgan fingerprint density at radius 3 is 2.36 bits per heavy atom. The summed E-state index contributed by atoms with van der Waals surface area (Å²) < 4.78 is 16.3. The molecule has 132 valence electrons. The van der Waals surface area contributed by atoms with Crippen LogP contribution < -0.4 is 19.5 Å². The van der Waals surface area contributed by atoms with E-state index < -0.39 is 0 Å². The zero-order valence-electron chi connectivity index (χ0n) is 14.9. The second-order valence-electron chi connectivity index (χ2n) is 5.80. The monoisotopic (exact) mass is 340 g/mol. The van der Waals surface area contributed by atoms with Crippen LogP contribution in [0.3, 0.4) is 0 Å². The molecule has 0 unspecified atom stereocenters. The molecule has 3 rings (SSSR count). The lowest BCUT2D eigenvalue weighted by Gasteiger charge is -2.15. The van der Waals surface area contributed by atoms with Crippen LogP contribution in [0.1, 0.15) is 11.1 Å². The highest BCUT2D eigenvalue weighted by Gasteiger charge is 2.13. The molecule has 3 aromatic rings. The maximum Gasteiger partial charge on any atom is 0.130 e. The lowest BCUT2D eigenvalue weighted by molar-refractivity contribution is 0.366. The lowest BCUT2D eigenvalue weighted by Crippen LogP contribution is -2.17. The molecule has 0 atom stereocenters. The molecule has 0 aliphatic heterocycles. The summed E-state index contributed by atoms with van der Waals surface area (Å²) in [4.78, 5) is 3.31. The molecule has 0 saturated heterocycles. The van der Waals surface area contributed by atoms with Crippen molar-refractivity contribution >= 4 is 10.9 Å². The van der Waals surface area contributed by atoms with Crippen molar-refractivity contribution in [2.24, 2.45) is 0 Å². The van der Waals surface area contributed by atoms with Crippen molar-refractivity contribution in [3.8, 4) is 17.2 Å². The standard InChI is InChI=1S/C20H24N2O3/c1-23-15-10-19(24-2)17(20(11-15)25-3)13-21-9-8-14-12-22-18-7-5-4-6-16(14)18/h4-7,10-12,21-22H,8-9,13H2,1-3H3. The highest BCUT2D eigenvalue weighted by atomic mass is 16.5. The predicted molar refractivity (Wildman–Crippen MR) is 99.8 cm³/mol. The van der Waals surface area contributed by atoms with Gasteiger partial charge in [0.2, 0.25) is 0 Å². The first-order chi connectivity index (χ1) is 12.3. The third kappa shape index (κ3) is 3.72. The molecule has 0 fully saturated rings. The second kappa shape index (κ2) is 7.94. The van der Waals surface area contributed by atoms with Crippen molar-refractivity contribution in [1.82, 2.24) is 10.3 Å². The zero-order chi connectivity index (χ0) is 17.6. The average Bonchev–Trinajstić information content (AvgIpc) is 3.08. The first-order valence-electron chi connectivity index (χ1n) is 8.31. The summed E-state index contributed by atoms with van der Waals surface area (Å²) in [6, 6.07) is 12.1. The number of aromatic amines is 1. The molecule has 2 N–H and O–H groups in total. The van der Waals surface area contributed by atoms with Crippen LogP contribution in [0.25, 0.3) is 10.9 Å². The maximum atomic E-state index is 5.49. The van der Waals surface area contributed by atoms with Crippen molar-refractivity contribution in [3.05, 3.63) is 53.7 Å². The third-order valence-electron chi connectivity index (χ3n) is 4.36. The lowest BCUT2D eigenvalue weighted by atomic mass is 10.1. The highest BCUT2D eigenvalue weighted by Crippen LogP contribution is 2.33. The Balaban J connectivity index is 1.65. The first kappa shape index (κ1) is 17.2. The summed E-state index contributed by atoms with van der Waals surface area (Å²) in [7, 11) is 4.95. The predicted octanol–water partition coefficient (Wildman–Crippen LogP) is 3.53. The number of ether oxygens (including phenoxy) is 3. The van der Waals surface area contributed by atoms with Crippen molar-refractivity contribution in [2.75, 3.05) is 27.9 Å². The van der Waals surface area contributed by atoms with Gasteiger partial charge in [-0.1, -0.05) is 18.2 Å². The molecule has 0 aliphatic carbocycles. The number of hydrogen-bond donors (Lipinski definition) is 2. The third-order valence-corrected chi connectivity index (χ3v) is 4.36. The second-order valence-corrected chi connectivity index (χ2v) is 5.80. The molecule has 0 aliphatic rings. The van der Waals surface area contributed by atoms with Crippen LogP contribution in [-0.4, -0.2) is 32.9 Å². The number of fused-ring (bicyclic) bond motifs is 1. The van der Waals surface area contributed by atoms with Gasteiger partial charge < -0.3 is 24.5 Å². The van der Waals surface area contributed by atoms with Crippen LogP contribution in [0.2, 0.25) is 0 Å². The summed E-state index contributed by atoms with van der Waals surface area (Å²) in [5, 5.41) is 4.76. The van der Waals surface area contributed by atoms with E-state index in [1.807, 2.05) is 18.2 Å². The van der Waals surface area contributed by atoms with E-state index in [-0.39, 0.29) is 0 Å². The van der Waals surface area contributed by atoms with Crippen molar-refractivity contribution in [2.45, 2.75) is 13.0 Å². The number of benzene rings is 2. The fourth-order valence-electron chi connectivity index (χ4n) is 3.03. The molecule has 5 heteroatoms. The van der Waals surface area contributed by atoms with Gasteiger partial charge in [-0.3, -0.25) is 0 Å². The summed E-state index contributed by atoms with van der Waals surface area (Å²) in [5.74, 6) is 2.24. The Morgan fingerprint density at radius 2 is 1.68 bits per heavy atom. The van der Waals surface area contributed by atoms with Gasteiger partial charge in [-0.25, -0.2) is 0 Å². The van der Waals surface area contributed by atoms with Crippen LogP contribution in [0.5, 0.6) is 17.2 Å². The number of hydrogen-bond acceptors (Lipinski definition) is 4.